The Balaban J connectivity index is 2.66. The van der Waals surface area contributed by atoms with Crippen LogP contribution in [0.1, 0.15) is 39.5 Å². The van der Waals surface area contributed by atoms with Gasteiger partial charge in [-0.15, -0.1) is 0 Å². The maximum Gasteiger partial charge on any atom is 0.320 e. The molecule has 0 atom stereocenters. The van der Waals surface area contributed by atoms with Crippen LogP contribution in [0, 0.1) is 0 Å². The Bertz CT molecular complexity index is 317. The van der Waals surface area contributed by atoms with Crippen LogP contribution in [-0.4, -0.2) is 65.7 Å². The van der Waals surface area contributed by atoms with Crippen LogP contribution >= 0.6 is 0 Å². The summed E-state index contributed by atoms with van der Waals surface area (Å²) in [5.41, 5.74) is 0. The number of carboxylic acids is 1. The summed E-state index contributed by atoms with van der Waals surface area (Å²) in [6, 6.07) is 0.269. The number of urea groups is 1. The first-order chi connectivity index (χ1) is 9.60. The van der Waals surface area contributed by atoms with Gasteiger partial charge in [0.05, 0.1) is 6.42 Å². The molecule has 1 fully saturated rings. The maximum absolute atomic E-state index is 12.6. The van der Waals surface area contributed by atoms with Gasteiger partial charge in [0, 0.05) is 25.7 Å². The zero-order chi connectivity index (χ0) is 15.0. The Kier molecular flexibility index (Phi) is 7.36. The van der Waals surface area contributed by atoms with Crippen LogP contribution in [-0.2, 0) is 4.79 Å². The SMILES string of the molecule is CCCN(C(=O)N(CC)CCC(=O)O)C1CCNCC1. The Morgan fingerprint density at radius 2 is 1.85 bits per heavy atom. The molecule has 2 amide bonds. The molecule has 0 unspecified atom stereocenters. The van der Waals surface area contributed by atoms with Gasteiger partial charge in [-0.25, -0.2) is 4.79 Å². The molecule has 2 N–H and O–H groups in total. The molecule has 1 rings (SSSR count). The highest BCUT2D eigenvalue weighted by Crippen LogP contribution is 2.15. The summed E-state index contributed by atoms with van der Waals surface area (Å²) in [6.45, 7) is 7.43. The third-order valence-corrected chi connectivity index (χ3v) is 3.71. The van der Waals surface area contributed by atoms with E-state index >= 15 is 0 Å². The van der Waals surface area contributed by atoms with E-state index in [4.69, 9.17) is 5.11 Å². The van der Waals surface area contributed by atoms with Gasteiger partial charge in [-0.1, -0.05) is 6.92 Å². The standard InChI is InChI=1S/C14H27N3O3/c1-3-10-17(12-5-8-15-9-6-12)14(20)16(4-2)11-7-13(18)19/h12,15H,3-11H2,1-2H3,(H,18,19). The highest BCUT2D eigenvalue weighted by atomic mass is 16.4. The zero-order valence-electron chi connectivity index (χ0n) is 12.6. The first kappa shape index (κ1) is 16.8. The molecular formula is C14H27N3O3. The Morgan fingerprint density at radius 3 is 2.35 bits per heavy atom. The predicted molar refractivity (Wildman–Crippen MR) is 77.8 cm³/mol. The molecule has 6 nitrogen and oxygen atoms in total. The van der Waals surface area contributed by atoms with E-state index in [1.807, 2.05) is 11.8 Å². The van der Waals surface area contributed by atoms with Crippen LogP contribution in [0.3, 0.4) is 0 Å². The molecule has 0 aromatic carbocycles. The van der Waals surface area contributed by atoms with Gasteiger partial charge in [0.1, 0.15) is 0 Å². The van der Waals surface area contributed by atoms with E-state index in [2.05, 4.69) is 12.2 Å². The smallest absolute Gasteiger partial charge is 0.320 e. The molecule has 20 heavy (non-hydrogen) atoms. The monoisotopic (exact) mass is 285 g/mol. The fourth-order valence-electron chi connectivity index (χ4n) is 2.59. The van der Waals surface area contributed by atoms with Gasteiger partial charge in [0.15, 0.2) is 0 Å². The van der Waals surface area contributed by atoms with Crippen molar-refractivity contribution in [3.05, 3.63) is 0 Å². The lowest BCUT2D eigenvalue weighted by atomic mass is 10.0. The number of carbonyl (C=O) groups excluding carboxylic acids is 1. The number of hydrogen-bond acceptors (Lipinski definition) is 3. The summed E-state index contributed by atoms with van der Waals surface area (Å²) < 4.78 is 0. The Hall–Kier alpha value is -1.30. The van der Waals surface area contributed by atoms with Gasteiger partial charge in [-0.3, -0.25) is 4.79 Å². The number of carboxylic acid groups (broad SMARTS) is 1. The average molecular weight is 285 g/mol. The van der Waals surface area contributed by atoms with Gasteiger partial charge in [0.25, 0.3) is 0 Å². The van der Waals surface area contributed by atoms with E-state index < -0.39 is 5.97 Å². The van der Waals surface area contributed by atoms with Gasteiger partial charge in [-0.2, -0.15) is 0 Å². The first-order valence-electron chi connectivity index (χ1n) is 7.58. The summed E-state index contributed by atoms with van der Waals surface area (Å²) in [6.07, 6.45) is 2.88. The normalized spacial score (nSPS) is 15.9. The maximum atomic E-state index is 12.6. The summed E-state index contributed by atoms with van der Waals surface area (Å²) in [5, 5.41) is 12.1. The van der Waals surface area contributed by atoms with Crippen LogP contribution in [0.5, 0.6) is 0 Å². The fourth-order valence-corrected chi connectivity index (χ4v) is 2.59. The molecule has 0 aromatic heterocycles. The molecule has 0 bridgehead atoms. The summed E-state index contributed by atoms with van der Waals surface area (Å²) in [7, 11) is 0. The molecule has 0 radical (unpaired) electrons. The number of aliphatic carboxylic acids is 1. The van der Waals surface area contributed by atoms with Gasteiger partial charge in [-0.05, 0) is 39.3 Å². The molecule has 1 aliphatic rings. The Morgan fingerprint density at radius 1 is 1.20 bits per heavy atom. The van der Waals surface area contributed by atoms with E-state index in [0.29, 0.717) is 6.54 Å². The van der Waals surface area contributed by atoms with E-state index in [-0.39, 0.29) is 25.0 Å². The van der Waals surface area contributed by atoms with Gasteiger partial charge in [0.2, 0.25) is 0 Å². The zero-order valence-corrected chi connectivity index (χ0v) is 12.6. The number of amides is 2. The molecular weight excluding hydrogens is 258 g/mol. The van der Waals surface area contributed by atoms with Crippen molar-refractivity contribution < 1.29 is 14.7 Å². The molecule has 6 heteroatoms. The van der Waals surface area contributed by atoms with Crippen LogP contribution in [0.2, 0.25) is 0 Å². The average Bonchev–Trinajstić information content (AvgIpc) is 2.45. The van der Waals surface area contributed by atoms with E-state index in [9.17, 15) is 9.59 Å². The van der Waals surface area contributed by atoms with Crippen molar-refractivity contribution in [3.8, 4) is 0 Å². The summed E-state index contributed by atoms with van der Waals surface area (Å²) in [4.78, 5) is 26.9. The van der Waals surface area contributed by atoms with E-state index in [1.54, 1.807) is 4.90 Å². The third-order valence-electron chi connectivity index (χ3n) is 3.71. The molecule has 0 aliphatic carbocycles. The largest absolute Gasteiger partial charge is 0.481 e. The second kappa shape index (κ2) is 8.79. The second-order valence-corrected chi connectivity index (χ2v) is 5.18. The number of hydrogen-bond donors (Lipinski definition) is 2. The quantitative estimate of drug-likeness (QED) is 0.741. The molecule has 1 heterocycles. The fraction of sp³-hybridized carbons (Fsp3) is 0.857. The lowest BCUT2D eigenvalue weighted by molar-refractivity contribution is -0.137. The highest BCUT2D eigenvalue weighted by Gasteiger charge is 2.27. The first-order valence-corrected chi connectivity index (χ1v) is 7.58. The molecule has 0 aromatic rings. The highest BCUT2D eigenvalue weighted by molar-refractivity contribution is 5.75. The molecule has 116 valence electrons. The minimum Gasteiger partial charge on any atom is -0.481 e. The topological polar surface area (TPSA) is 72.9 Å². The number of rotatable bonds is 7. The Labute approximate surface area is 121 Å². The van der Waals surface area contributed by atoms with E-state index in [0.717, 1.165) is 38.9 Å². The lowest BCUT2D eigenvalue weighted by Gasteiger charge is -2.37. The summed E-state index contributed by atoms with van der Waals surface area (Å²) in [5.74, 6) is -0.861. The number of nitrogens with one attached hydrogen (secondary N) is 1. The van der Waals surface area contributed by atoms with Crippen molar-refractivity contribution in [3.63, 3.8) is 0 Å². The molecule has 1 aliphatic heterocycles. The van der Waals surface area contributed by atoms with Crippen molar-refractivity contribution >= 4 is 12.0 Å². The summed E-state index contributed by atoms with van der Waals surface area (Å²) >= 11 is 0. The third kappa shape index (κ3) is 5.00. The van der Waals surface area contributed by atoms with Crippen LogP contribution in [0.4, 0.5) is 4.79 Å². The van der Waals surface area contributed by atoms with E-state index in [1.165, 1.54) is 0 Å². The molecule has 1 saturated heterocycles. The number of piperidine rings is 1. The van der Waals surface area contributed by atoms with Crippen molar-refractivity contribution in [2.24, 2.45) is 0 Å². The van der Waals surface area contributed by atoms with Crippen molar-refractivity contribution in [1.29, 1.82) is 0 Å². The van der Waals surface area contributed by atoms with Crippen LogP contribution in [0.15, 0.2) is 0 Å². The molecule has 0 spiro atoms. The number of nitrogens with zero attached hydrogens (tertiary/aromatic N) is 2. The van der Waals surface area contributed by atoms with Crippen molar-refractivity contribution in [2.45, 2.75) is 45.6 Å². The second-order valence-electron chi connectivity index (χ2n) is 5.18. The minimum atomic E-state index is -0.861. The van der Waals surface area contributed by atoms with Crippen molar-refractivity contribution in [2.75, 3.05) is 32.7 Å². The molecule has 0 saturated carbocycles. The van der Waals surface area contributed by atoms with Crippen molar-refractivity contribution in [1.82, 2.24) is 15.1 Å². The number of carbonyl (C=O) groups is 2. The lowest BCUT2D eigenvalue weighted by Crippen LogP contribution is -2.51. The minimum absolute atomic E-state index is 0.00572. The van der Waals surface area contributed by atoms with Crippen LogP contribution < -0.4 is 5.32 Å². The van der Waals surface area contributed by atoms with Crippen LogP contribution in [0.25, 0.3) is 0 Å². The van der Waals surface area contributed by atoms with Gasteiger partial charge < -0.3 is 20.2 Å². The van der Waals surface area contributed by atoms with Gasteiger partial charge >= 0.3 is 12.0 Å². The predicted octanol–water partition coefficient (Wildman–Crippen LogP) is 1.37.